The normalized spacial score (nSPS) is 21.8. The summed E-state index contributed by atoms with van der Waals surface area (Å²) in [4.78, 5) is 0. The van der Waals surface area contributed by atoms with Gasteiger partial charge in [0.2, 0.25) is 0 Å². The fourth-order valence-electron chi connectivity index (χ4n) is 1.66. The molecule has 1 aliphatic rings. The van der Waals surface area contributed by atoms with Gasteiger partial charge in [-0.25, -0.2) is 0 Å². The van der Waals surface area contributed by atoms with Gasteiger partial charge >= 0.3 is 0 Å². The molecule has 0 aromatic heterocycles. The molecule has 0 radical (unpaired) electrons. The average molecular weight is 158 g/mol. The Morgan fingerprint density at radius 3 is 2.36 bits per heavy atom. The van der Waals surface area contributed by atoms with Gasteiger partial charge in [-0.15, -0.1) is 0 Å². The molecule has 1 aliphatic carbocycles. The third-order valence-electron chi connectivity index (χ3n) is 2.73. The number of ether oxygens (including phenoxy) is 1. The second-order valence-corrected chi connectivity index (χ2v) is 3.65. The van der Waals surface area contributed by atoms with E-state index in [0.29, 0.717) is 12.5 Å². The van der Waals surface area contributed by atoms with Gasteiger partial charge in [-0.2, -0.15) is 0 Å². The molecule has 0 unspecified atom stereocenters. The summed E-state index contributed by atoms with van der Waals surface area (Å²) in [5.41, 5.74) is 0.114. The van der Waals surface area contributed by atoms with Crippen LogP contribution in [0.5, 0.6) is 0 Å². The fourth-order valence-corrected chi connectivity index (χ4v) is 1.66. The zero-order valence-corrected chi connectivity index (χ0v) is 7.47. The lowest BCUT2D eigenvalue weighted by atomic mass is 9.72. The smallest absolute Gasteiger partial charge is 0.0706 e. The lowest BCUT2D eigenvalue weighted by Crippen LogP contribution is -2.45. The minimum atomic E-state index is 0.114. The highest BCUT2D eigenvalue weighted by molar-refractivity contribution is 4.92. The highest BCUT2D eigenvalue weighted by Gasteiger charge is 2.40. The van der Waals surface area contributed by atoms with E-state index in [1.807, 2.05) is 0 Å². The summed E-state index contributed by atoms with van der Waals surface area (Å²) in [6, 6.07) is 0. The Bertz CT molecular complexity index is 117. The van der Waals surface area contributed by atoms with Crippen LogP contribution in [0.25, 0.3) is 0 Å². The van der Waals surface area contributed by atoms with Crippen molar-refractivity contribution >= 4 is 0 Å². The average Bonchev–Trinajstić information content (AvgIpc) is 1.85. The van der Waals surface area contributed by atoms with E-state index in [-0.39, 0.29) is 12.2 Å². The minimum absolute atomic E-state index is 0.114. The van der Waals surface area contributed by atoms with Crippen LogP contribution < -0.4 is 0 Å². The van der Waals surface area contributed by atoms with Gasteiger partial charge in [-0.05, 0) is 25.2 Å². The first-order chi connectivity index (χ1) is 5.21. The van der Waals surface area contributed by atoms with Crippen molar-refractivity contribution in [3.63, 3.8) is 0 Å². The van der Waals surface area contributed by atoms with Crippen molar-refractivity contribution < 1.29 is 9.84 Å². The molecule has 0 amide bonds. The van der Waals surface area contributed by atoms with Crippen LogP contribution in [-0.2, 0) is 4.74 Å². The standard InChI is InChI=1S/C9H18O2/c1-8(2)9(4-3-5-9)11-7-6-10/h8,10H,3-7H2,1-2H3. The number of aliphatic hydroxyl groups excluding tert-OH is 1. The zero-order chi connectivity index (χ0) is 8.32. The van der Waals surface area contributed by atoms with Gasteiger partial charge in [0.1, 0.15) is 0 Å². The van der Waals surface area contributed by atoms with Crippen molar-refractivity contribution in [3.05, 3.63) is 0 Å². The van der Waals surface area contributed by atoms with Gasteiger partial charge in [0.25, 0.3) is 0 Å². The Labute approximate surface area is 68.6 Å². The Hall–Kier alpha value is -0.0800. The molecule has 0 saturated heterocycles. The summed E-state index contributed by atoms with van der Waals surface area (Å²) in [7, 11) is 0. The zero-order valence-electron chi connectivity index (χ0n) is 7.47. The molecule has 0 aromatic carbocycles. The number of aliphatic hydroxyl groups is 1. The Morgan fingerprint density at radius 1 is 1.45 bits per heavy atom. The van der Waals surface area contributed by atoms with E-state index >= 15 is 0 Å². The first kappa shape index (κ1) is 9.01. The number of hydrogen-bond donors (Lipinski definition) is 1. The summed E-state index contributed by atoms with van der Waals surface area (Å²) >= 11 is 0. The second-order valence-electron chi connectivity index (χ2n) is 3.65. The van der Waals surface area contributed by atoms with Crippen LogP contribution >= 0.6 is 0 Å². The van der Waals surface area contributed by atoms with Gasteiger partial charge in [-0.3, -0.25) is 0 Å². The first-order valence-electron chi connectivity index (χ1n) is 4.46. The molecule has 0 heterocycles. The van der Waals surface area contributed by atoms with E-state index in [9.17, 15) is 0 Å². The van der Waals surface area contributed by atoms with Crippen molar-refractivity contribution in [3.8, 4) is 0 Å². The molecular formula is C9H18O2. The van der Waals surface area contributed by atoms with Crippen LogP contribution in [0.2, 0.25) is 0 Å². The predicted molar refractivity (Wildman–Crippen MR) is 44.5 cm³/mol. The van der Waals surface area contributed by atoms with E-state index in [0.717, 1.165) is 0 Å². The highest BCUT2D eigenvalue weighted by Crippen LogP contribution is 2.41. The van der Waals surface area contributed by atoms with E-state index in [1.165, 1.54) is 19.3 Å². The van der Waals surface area contributed by atoms with Gasteiger partial charge in [0, 0.05) is 0 Å². The highest BCUT2D eigenvalue weighted by atomic mass is 16.5. The van der Waals surface area contributed by atoms with Crippen LogP contribution in [0.15, 0.2) is 0 Å². The first-order valence-corrected chi connectivity index (χ1v) is 4.46. The summed E-state index contributed by atoms with van der Waals surface area (Å²) in [5, 5.41) is 8.61. The Morgan fingerprint density at radius 2 is 2.09 bits per heavy atom. The minimum Gasteiger partial charge on any atom is -0.394 e. The Kier molecular flexibility index (Phi) is 2.90. The van der Waals surface area contributed by atoms with Gasteiger partial charge < -0.3 is 9.84 Å². The van der Waals surface area contributed by atoms with Crippen LogP contribution in [0.3, 0.4) is 0 Å². The van der Waals surface area contributed by atoms with E-state index < -0.39 is 0 Å². The van der Waals surface area contributed by atoms with Crippen molar-refractivity contribution in [2.24, 2.45) is 5.92 Å². The van der Waals surface area contributed by atoms with Gasteiger partial charge in [0.05, 0.1) is 18.8 Å². The van der Waals surface area contributed by atoms with Crippen LogP contribution in [0.1, 0.15) is 33.1 Å². The molecule has 66 valence electrons. The maximum absolute atomic E-state index is 8.61. The molecule has 11 heavy (non-hydrogen) atoms. The van der Waals surface area contributed by atoms with E-state index in [4.69, 9.17) is 9.84 Å². The molecule has 1 fully saturated rings. The van der Waals surface area contributed by atoms with E-state index in [1.54, 1.807) is 0 Å². The number of rotatable bonds is 4. The molecule has 1 N–H and O–H groups in total. The predicted octanol–water partition coefficient (Wildman–Crippen LogP) is 1.57. The molecule has 0 bridgehead atoms. The maximum atomic E-state index is 8.61. The SMILES string of the molecule is CC(C)C1(OCCO)CCC1. The molecule has 0 spiro atoms. The summed E-state index contributed by atoms with van der Waals surface area (Å²) in [6.45, 7) is 5.03. The van der Waals surface area contributed by atoms with Crippen molar-refractivity contribution in [2.75, 3.05) is 13.2 Å². The molecular weight excluding hydrogens is 140 g/mol. The van der Waals surface area contributed by atoms with E-state index in [2.05, 4.69) is 13.8 Å². The second kappa shape index (κ2) is 3.55. The van der Waals surface area contributed by atoms with Crippen LogP contribution in [-0.4, -0.2) is 23.9 Å². The molecule has 0 aromatic rings. The van der Waals surface area contributed by atoms with Crippen molar-refractivity contribution in [2.45, 2.75) is 38.7 Å². The molecule has 0 aliphatic heterocycles. The van der Waals surface area contributed by atoms with Crippen LogP contribution in [0, 0.1) is 5.92 Å². The summed E-state index contributed by atoms with van der Waals surface area (Å²) in [5.74, 6) is 0.586. The maximum Gasteiger partial charge on any atom is 0.0706 e. The van der Waals surface area contributed by atoms with Crippen LogP contribution in [0.4, 0.5) is 0 Å². The Balaban J connectivity index is 2.34. The third-order valence-corrected chi connectivity index (χ3v) is 2.73. The topological polar surface area (TPSA) is 29.5 Å². The van der Waals surface area contributed by atoms with Crippen molar-refractivity contribution in [1.82, 2.24) is 0 Å². The molecule has 2 nitrogen and oxygen atoms in total. The lowest BCUT2D eigenvalue weighted by Gasteiger charge is -2.45. The fraction of sp³-hybridized carbons (Fsp3) is 1.00. The third kappa shape index (κ3) is 1.74. The summed E-state index contributed by atoms with van der Waals surface area (Å²) < 4.78 is 5.63. The molecule has 1 saturated carbocycles. The lowest BCUT2D eigenvalue weighted by molar-refractivity contribution is -0.136. The molecule has 2 heteroatoms. The van der Waals surface area contributed by atoms with Gasteiger partial charge in [-0.1, -0.05) is 13.8 Å². The monoisotopic (exact) mass is 158 g/mol. The largest absolute Gasteiger partial charge is 0.394 e. The number of hydrogen-bond acceptors (Lipinski definition) is 2. The quantitative estimate of drug-likeness (QED) is 0.673. The van der Waals surface area contributed by atoms with Gasteiger partial charge in [0.15, 0.2) is 0 Å². The summed E-state index contributed by atoms with van der Waals surface area (Å²) in [6.07, 6.45) is 3.62. The molecule has 1 rings (SSSR count). The molecule has 0 atom stereocenters. The van der Waals surface area contributed by atoms with Crippen molar-refractivity contribution in [1.29, 1.82) is 0 Å².